The minimum absolute atomic E-state index is 0.115. The van der Waals surface area contributed by atoms with E-state index in [0.29, 0.717) is 23.7 Å². The molecule has 1 aliphatic rings. The van der Waals surface area contributed by atoms with Gasteiger partial charge in [-0.1, -0.05) is 68.8 Å². The Kier molecular flexibility index (Phi) is 5.70. The van der Waals surface area contributed by atoms with Crippen LogP contribution in [0.1, 0.15) is 37.5 Å². The number of anilines is 1. The second-order valence-electron chi connectivity index (χ2n) is 9.62. The highest BCUT2D eigenvalue weighted by molar-refractivity contribution is 6.36. The molecule has 1 aromatic heterocycles. The van der Waals surface area contributed by atoms with E-state index < -0.39 is 0 Å². The van der Waals surface area contributed by atoms with Crippen LogP contribution in [0.4, 0.5) is 5.69 Å². The summed E-state index contributed by atoms with van der Waals surface area (Å²) in [4.78, 5) is 12.7. The lowest BCUT2D eigenvalue weighted by Gasteiger charge is -2.19. The molecule has 1 amide bonds. The van der Waals surface area contributed by atoms with Crippen molar-refractivity contribution in [3.63, 3.8) is 0 Å². The fourth-order valence-electron chi connectivity index (χ4n) is 4.35. The molecule has 0 atom stereocenters. The van der Waals surface area contributed by atoms with Crippen molar-refractivity contribution in [3.05, 3.63) is 94.6 Å². The Morgan fingerprint density at radius 2 is 1.79 bits per heavy atom. The molecule has 0 spiro atoms. The van der Waals surface area contributed by atoms with E-state index in [9.17, 15) is 4.79 Å². The number of amides is 1. The molecule has 0 aliphatic carbocycles. The van der Waals surface area contributed by atoms with Crippen LogP contribution in [0.15, 0.2) is 72.9 Å². The lowest BCUT2D eigenvalue weighted by Crippen LogP contribution is -2.11. The number of carbonyl (C=O) groups excluding carboxylic acids is 1. The predicted octanol–water partition coefficient (Wildman–Crippen LogP) is 7.16. The fraction of sp³-hybridized carbons (Fsp3) is 0.207. The van der Waals surface area contributed by atoms with E-state index in [2.05, 4.69) is 61.1 Å². The average Bonchev–Trinajstić information content (AvgIpc) is 3.30. The minimum atomic E-state index is -0.115. The SMILES string of the molecule is CC(C)(C)c1ccc(OCCn2cc(/C=C3/C(=O)Nc4cc(Cl)ccc43)c3ccccc32)cc1. The second-order valence-corrected chi connectivity index (χ2v) is 10.1. The number of hydrogen-bond acceptors (Lipinski definition) is 2. The van der Waals surface area contributed by atoms with Crippen LogP contribution in [0.3, 0.4) is 0 Å². The summed E-state index contributed by atoms with van der Waals surface area (Å²) in [5.74, 6) is 0.751. The Hall–Kier alpha value is -3.50. The normalized spacial score (nSPS) is 14.5. The number of carbonyl (C=O) groups is 1. The van der Waals surface area contributed by atoms with E-state index in [4.69, 9.17) is 16.3 Å². The van der Waals surface area contributed by atoms with Gasteiger partial charge in [0.25, 0.3) is 5.91 Å². The quantitative estimate of drug-likeness (QED) is 0.314. The maximum atomic E-state index is 12.7. The van der Waals surface area contributed by atoms with E-state index in [1.165, 1.54) is 5.56 Å². The van der Waals surface area contributed by atoms with Crippen LogP contribution < -0.4 is 10.1 Å². The molecule has 0 unspecified atom stereocenters. The molecule has 5 rings (SSSR count). The van der Waals surface area contributed by atoms with Crippen molar-refractivity contribution >= 4 is 45.7 Å². The molecule has 1 aliphatic heterocycles. The zero-order valence-corrected chi connectivity index (χ0v) is 20.3. The molecule has 172 valence electrons. The molecule has 0 fully saturated rings. The molecule has 1 N–H and O–H groups in total. The third-order valence-electron chi connectivity index (χ3n) is 6.21. The average molecular weight is 471 g/mol. The number of nitrogens with zero attached hydrogens (tertiary/aromatic N) is 1. The third-order valence-corrected chi connectivity index (χ3v) is 6.44. The summed E-state index contributed by atoms with van der Waals surface area (Å²) in [6, 6.07) is 22.0. The van der Waals surface area contributed by atoms with Gasteiger partial charge >= 0.3 is 0 Å². The van der Waals surface area contributed by atoms with Gasteiger partial charge in [-0.3, -0.25) is 4.79 Å². The van der Waals surface area contributed by atoms with Crippen LogP contribution in [-0.2, 0) is 16.8 Å². The molecule has 4 nitrogen and oxygen atoms in total. The summed E-state index contributed by atoms with van der Waals surface area (Å²) >= 11 is 6.09. The van der Waals surface area contributed by atoms with Gasteiger partial charge in [0, 0.05) is 38.8 Å². The predicted molar refractivity (Wildman–Crippen MR) is 141 cm³/mol. The van der Waals surface area contributed by atoms with Crippen molar-refractivity contribution in [2.24, 2.45) is 0 Å². The fourth-order valence-corrected chi connectivity index (χ4v) is 4.53. The summed E-state index contributed by atoms with van der Waals surface area (Å²) in [5.41, 5.74) is 5.77. The largest absolute Gasteiger partial charge is 0.492 e. The van der Waals surface area contributed by atoms with Gasteiger partial charge in [-0.05, 0) is 47.4 Å². The molecular formula is C29H27ClN2O2. The summed E-state index contributed by atoms with van der Waals surface area (Å²) in [5, 5.41) is 4.61. The maximum absolute atomic E-state index is 12.7. The molecule has 5 heteroatoms. The maximum Gasteiger partial charge on any atom is 0.256 e. The summed E-state index contributed by atoms with van der Waals surface area (Å²) < 4.78 is 8.21. The number of benzene rings is 3. The van der Waals surface area contributed by atoms with Crippen LogP contribution in [0.5, 0.6) is 5.75 Å². The first-order valence-electron chi connectivity index (χ1n) is 11.4. The van der Waals surface area contributed by atoms with Gasteiger partial charge in [-0.2, -0.15) is 0 Å². The molecule has 2 heterocycles. The summed E-state index contributed by atoms with van der Waals surface area (Å²) in [7, 11) is 0. The van der Waals surface area contributed by atoms with Gasteiger partial charge in [0.2, 0.25) is 0 Å². The zero-order chi connectivity index (χ0) is 23.9. The zero-order valence-electron chi connectivity index (χ0n) is 19.6. The first-order valence-corrected chi connectivity index (χ1v) is 11.8. The van der Waals surface area contributed by atoms with Crippen molar-refractivity contribution in [1.82, 2.24) is 4.57 Å². The van der Waals surface area contributed by atoms with Crippen molar-refractivity contribution < 1.29 is 9.53 Å². The molecule has 4 aromatic rings. The Bertz CT molecular complexity index is 1410. The Morgan fingerprint density at radius 3 is 2.56 bits per heavy atom. The van der Waals surface area contributed by atoms with Gasteiger partial charge < -0.3 is 14.6 Å². The van der Waals surface area contributed by atoms with Crippen LogP contribution in [0, 0.1) is 0 Å². The molecular weight excluding hydrogens is 444 g/mol. The van der Waals surface area contributed by atoms with Gasteiger partial charge in [-0.15, -0.1) is 0 Å². The van der Waals surface area contributed by atoms with Crippen molar-refractivity contribution in [1.29, 1.82) is 0 Å². The standard InChI is InChI=1S/C29H27ClN2O2/c1-29(2,3)20-8-11-22(12-9-20)34-15-14-32-18-19(23-6-4-5-7-27(23)32)16-25-24-13-10-21(30)17-26(24)31-28(25)33/h4-13,16-18H,14-15H2,1-3H3,(H,31,33)/b25-16+. The number of aromatic nitrogens is 1. The highest BCUT2D eigenvalue weighted by Crippen LogP contribution is 2.36. The molecule has 34 heavy (non-hydrogen) atoms. The van der Waals surface area contributed by atoms with Crippen LogP contribution >= 0.6 is 11.6 Å². The van der Waals surface area contributed by atoms with Crippen LogP contribution in [-0.4, -0.2) is 17.1 Å². The molecule has 0 radical (unpaired) electrons. The van der Waals surface area contributed by atoms with Gasteiger partial charge in [0.1, 0.15) is 12.4 Å². The van der Waals surface area contributed by atoms with Crippen molar-refractivity contribution in [2.45, 2.75) is 32.7 Å². The van der Waals surface area contributed by atoms with Gasteiger partial charge in [-0.25, -0.2) is 0 Å². The number of hydrogen-bond donors (Lipinski definition) is 1. The third kappa shape index (κ3) is 4.34. The monoisotopic (exact) mass is 470 g/mol. The molecule has 0 saturated heterocycles. The lowest BCUT2D eigenvalue weighted by atomic mass is 9.87. The van der Waals surface area contributed by atoms with E-state index in [1.54, 1.807) is 6.07 Å². The van der Waals surface area contributed by atoms with Crippen LogP contribution in [0.2, 0.25) is 5.02 Å². The highest BCUT2D eigenvalue weighted by Gasteiger charge is 2.24. The van der Waals surface area contributed by atoms with Crippen LogP contribution in [0.25, 0.3) is 22.6 Å². The number of ether oxygens (including phenoxy) is 1. The van der Waals surface area contributed by atoms with Gasteiger partial charge in [0.15, 0.2) is 0 Å². The van der Waals surface area contributed by atoms with E-state index in [-0.39, 0.29) is 11.3 Å². The number of fused-ring (bicyclic) bond motifs is 2. The van der Waals surface area contributed by atoms with E-state index >= 15 is 0 Å². The topological polar surface area (TPSA) is 43.3 Å². The Balaban J connectivity index is 1.39. The summed E-state index contributed by atoms with van der Waals surface area (Å²) in [6.07, 6.45) is 4.05. The first-order chi connectivity index (χ1) is 16.3. The van der Waals surface area contributed by atoms with Gasteiger partial charge in [0.05, 0.1) is 12.2 Å². The minimum Gasteiger partial charge on any atom is -0.492 e. The number of para-hydroxylation sites is 1. The summed E-state index contributed by atoms with van der Waals surface area (Å²) in [6.45, 7) is 7.86. The number of rotatable bonds is 5. The molecule has 0 saturated carbocycles. The highest BCUT2D eigenvalue weighted by atomic mass is 35.5. The van der Waals surface area contributed by atoms with Crippen molar-refractivity contribution in [3.8, 4) is 5.75 Å². The Morgan fingerprint density at radius 1 is 1.03 bits per heavy atom. The van der Waals surface area contributed by atoms with E-state index in [0.717, 1.165) is 33.5 Å². The second kappa shape index (κ2) is 8.69. The van der Waals surface area contributed by atoms with Crippen molar-refractivity contribution in [2.75, 3.05) is 11.9 Å². The smallest absolute Gasteiger partial charge is 0.256 e. The first kappa shape index (κ1) is 22.3. The molecule has 0 bridgehead atoms. The Labute approximate surface area is 204 Å². The number of halogens is 1. The molecule has 3 aromatic carbocycles. The van der Waals surface area contributed by atoms with E-state index in [1.807, 2.05) is 42.5 Å². The lowest BCUT2D eigenvalue weighted by molar-refractivity contribution is -0.110. The number of nitrogens with one attached hydrogen (secondary N) is 1.